The fraction of sp³-hybridized carbons (Fsp3) is 0.167. The molecule has 4 aromatic heterocycles. The molecular weight excluding hydrogens is 318 g/mol. The number of nitrogens with one attached hydrogen (secondary N) is 2. The van der Waals surface area contributed by atoms with Gasteiger partial charge in [-0.3, -0.25) is 0 Å². The Balaban J connectivity index is 1.71. The van der Waals surface area contributed by atoms with Crippen LogP contribution in [0.15, 0.2) is 30.6 Å². The van der Waals surface area contributed by atoms with Gasteiger partial charge in [-0.1, -0.05) is 0 Å². The molecule has 0 unspecified atom stereocenters. The number of hydrogen-bond acceptors (Lipinski definition) is 5. The van der Waals surface area contributed by atoms with Crippen molar-refractivity contribution in [2.24, 2.45) is 0 Å². The molecule has 0 atom stereocenters. The number of nitrogens with zero attached hydrogens (tertiary/aromatic N) is 3. The minimum atomic E-state index is 0.423. The minimum absolute atomic E-state index is 0.423. The normalized spacial score (nSPS) is 14.0. The van der Waals surface area contributed by atoms with Gasteiger partial charge in [0.15, 0.2) is 0 Å². The molecule has 0 bridgehead atoms. The summed E-state index contributed by atoms with van der Waals surface area (Å²) in [6, 6.07) is 8.35. The monoisotopic (exact) mass is 331 g/mol. The lowest BCUT2D eigenvalue weighted by atomic mass is 10.1. The van der Waals surface area contributed by atoms with Crippen molar-refractivity contribution in [3.8, 4) is 16.5 Å². The highest BCUT2D eigenvalue weighted by molar-refractivity contribution is 7.15. The zero-order valence-corrected chi connectivity index (χ0v) is 13.6. The molecule has 5 rings (SSSR count). The average molecular weight is 331 g/mol. The van der Waals surface area contributed by atoms with Gasteiger partial charge < -0.3 is 10.3 Å². The second-order valence-corrected chi connectivity index (χ2v) is 7.09. The maximum absolute atomic E-state index is 9.09. The van der Waals surface area contributed by atoms with Gasteiger partial charge in [0.05, 0.1) is 11.7 Å². The first-order valence-electron chi connectivity index (χ1n) is 7.82. The lowest BCUT2D eigenvalue weighted by molar-refractivity contribution is 0.653. The fourth-order valence-corrected chi connectivity index (χ4v) is 4.43. The number of fused-ring (bicyclic) bond motifs is 4. The Labute approximate surface area is 142 Å². The van der Waals surface area contributed by atoms with E-state index in [9.17, 15) is 0 Å². The first-order chi connectivity index (χ1) is 11.8. The molecule has 0 saturated carbocycles. The third-order valence-corrected chi connectivity index (χ3v) is 5.76. The van der Waals surface area contributed by atoms with E-state index in [0.717, 1.165) is 47.0 Å². The smallest absolute Gasteiger partial charge is 0.141 e. The molecule has 1 aliphatic rings. The Morgan fingerprint density at radius 3 is 2.96 bits per heavy atom. The first-order valence-corrected chi connectivity index (χ1v) is 8.64. The van der Waals surface area contributed by atoms with Crippen LogP contribution in [0.3, 0.4) is 0 Å². The van der Waals surface area contributed by atoms with Crippen molar-refractivity contribution >= 4 is 33.3 Å². The van der Waals surface area contributed by atoms with Crippen LogP contribution in [0.25, 0.3) is 32.4 Å². The van der Waals surface area contributed by atoms with Gasteiger partial charge in [0.25, 0.3) is 0 Å². The maximum Gasteiger partial charge on any atom is 0.141 e. The van der Waals surface area contributed by atoms with E-state index in [1.165, 1.54) is 15.3 Å². The quantitative estimate of drug-likeness (QED) is 0.561. The van der Waals surface area contributed by atoms with E-state index in [0.29, 0.717) is 5.69 Å². The van der Waals surface area contributed by atoms with Crippen molar-refractivity contribution < 1.29 is 0 Å². The molecule has 24 heavy (non-hydrogen) atoms. The van der Waals surface area contributed by atoms with E-state index in [4.69, 9.17) is 5.26 Å². The molecule has 5 nitrogen and oxygen atoms in total. The van der Waals surface area contributed by atoms with Crippen LogP contribution in [0, 0.1) is 11.3 Å². The van der Waals surface area contributed by atoms with Crippen LogP contribution >= 0.6 is 11.3 Å². The van der Waals surface area contributed by atoms with Crippen molar-refractivity contribution in [2.75, 3.05) is 6.54 Å². The zero-order chi connectivity index (χ0) is 16.1. The number of rotatable bonds is 1. The molecule has 5 heterocycles. The van der Waals surface area contributed by atoms with Crippen molar-refractivity contribution in [3.05, 3.63) is 46.7 Å². The van der Waals surface area contributed by atoms with Crippen LogP contribution in [0.4, 0.5) is 0 Å². The number of aromatic amines is 1. The highest BCUT2D eigenvalue weighted by Crippen LogP contribution is 2.35. The second-order valence-electron chi connectivity index (χ2n) is 5.96. The molecule has 0 spiro atoms. The van der Waals surface area contributed by atoms with Crippen LogP contribution in [0.2, 0.25) is 0 Å². The van der Waals surface area contributed by atoms with E-state index in [-0.39, 0.29) is 0 Å². The standard InChI is InChI=1S/C18H13N5S/c19-6-12-5-13-14-3-10(8-22-18(14)23-15(13)9-21-12)17-4-11-7-20-2-1-16(11)24-17/h3-5,8-9,20H,1-2,7H2,(H,22,23). The largest absolute Gasteiger partial charge is 0.338 e. The second kappa shape index (κ2) is 5.13. The molecule has 0 aromatic carbocycles. The summed E-state index contributed by atoms with van der Waals surface area (Å²) >= 11 is 1.86. The summed E-state index contributed by atoms with van der Waals surface area (Å²) in [7, 11) is 0. The predicted octanol–water partition coefficient (Wildman–Crippen LogP) is 3.36. The van der Waals surface area contributed by atoms with E-state index < -0.39 is 0 Å². The molecular formula is C18H13N5S. The SMILES string of the molecule is N#Cc1cc2c(cn1)[nH]c1ncc(-c3cc4c(s3)CCNC4)cc12. The van der Waals surface area contributed by atoms with Crippen LogP contribution in [0.1, 0.15) is 16.1 Å². The van der Waals surface area contributed by atoms with Gasteiger partial charge in [0, 0.05) is 45.4 Å². The van der Waals surface area contributed by atoms with Gasteiger partial charge in [-0.15, -0.1) is 11.3 Å². The van der Waals surface area contributed by atoms with Gasteiger partial charge in [-0.2, -0.15) is 5.26 Å². The van der Waals surface area contributed by atoms with E-state index >= 15 is 0 Å². The van der Waals surface area contributed by atoms with Crippen LogP contribution in [0.5, 0.6) is 0 Å². The third-order valence-electron chi connectivity index (χ3n) is 4.47. The minimum Gasteiger partial charge on any atom is -0.338 e. The number of thiophene rings is 1. The van der Waals surface area contributed by atoms with Gasteiger partial charge in [0.2, 0.25) is 0 Å². The summed E-state index contributed by atoms with van der Waals surface area (Å²) in [5, 5.41) is 14.5. The van der Waals surface area contributed by atoms with Gasteiger partial charge >= 0.3 is 0 Å². The maximum atomic E-state index is 9.09. The molecule has 116 valence electrons. The topological polar surface area (TPSA) is 77.4 Å². The summed E-state index contributed by atoms with van der Waals surface area (Å²) in [6.45, 7) is 2.00. The van der Waals surface area contributed by atoms with Gasteiger partial charge in [0.1, 0.15) is 17.4 Å². The van der Waals surface area contributed by atoms with Gasteiger partial charge in [-0.25, -0.2) is 9.97 Å². The number of H-pyrrole nitrogens is 1. The molecule has 6 heteroatoms. The third kappa shape index (κ3) is 2.03. The lowest BCUT2D eigenvalue weighted by Gasteiger charge is -2.10. The fourth-order valence-electron chi connectivity index (χ4n) is 3.27. The lowest BCUT2D eigenvalue weighted by Crippen LogP contribution is -2.21. The average Bonchev–Trinajstić information content (AvgIpc) is 3.21. The molecule has 0 radical (unpaired) electrons. The summed E-state index contributed by atoms with van der Waals surface area (Å²) in [4.78, 5) is 14.7. The number of nitriles is 1. The van der Waals surface area contributed by atoms with Crippen molar-refractivity contribution in [3.63, 3.8) is 0 Å². The van der Waals surface area contributed by atoms with E-state index in [1.807, 2.05) is 23.6 Å². The van der Waals surface area contributed by atoms with Crippen molar-refractivity contribution in [2.45, 2.75) is 13.0 Å². The Morgan fingerprint density at radius 2 is 2.08 bits per heavy atom. The Morgan fingerprint density at radius 1 is 1.12 bits per heavy atom. The summed E-state index contributed by atoms with van der Waals surface area (Å²) < 4.78 is 0. The molecule has 0 amide bonds. The van der Waals surface area contributed by atoms with Crippen LogP contribution in [-0.4, -0.2) is 21.5 Å². The van der Waals surface area contributed by atoms with Crippen molar-refractivity contribution in [1.29, 1.82) is 5.26 Å². The molecule has 4 aromatic rings. The van der Waals surface area contributed by atoms with E-state index in [2.05, 4.69) is 38.5 Å². The number of pyridine rings is 2. The zero-order valence-electron chi connectivity index (χ0n) is 12.8. The van der Waals surface area contributed by atoms with Gasteiger partial charge in [-0.05, 0) is 30.2 Å². The number of hydrogen-bond donors (Lipinski definition) is 2. The number of aromatic nitrogens is 3. The Bertz CT molecular complexity index is 1110. The molecule has 0 aliphatic carbocycles. The molecule has 1 aliphatic heterocycles. The van der Waals surface area contributed by atoms with E-state index in [1.54, 1.807) is 6.20 Å². The van der Waals surface area contributed by atoms with Crippen LogP contribution in [-0.2, 0) is 13.0 Å². The predicted molar refractivity (Wildman–Crippen MR) is 94.8 cm³/mol. The highest BCUT2D eigenvalue weighted by atomic mass is 32.1. The van der Waals surface area contributed by atoms with Crippen molar-refractivity contribution in [1.82, 2.24) is 20.3 Å². The Hall–Kier alpha value is -2.75. The van der Waals surface area contributed by atoms with Crippen LogP contribution < -0.4 is 5.32 Å². The molecule has 0 fully saturated rings. The summed E-state index contributed by atoms with van der Waals surface area (Å²) in [6.07, 6.45) is 4.71. The Kier molecular flexibility index (Phi) is 2.92. The summed E-state index contributed by atoms with van der Waals surface area (Å²) in [5.74, 6) is 0. The molecule has 2 N–H and O–H groups in total. The highest BCUT2D eigenvalue weighted by Gasteiger charge is 2.15. The molecule has 0 saturated heterocycles. The first kappa shape index (κ1) is 13.7. The summed E-state index contributed by atoms with van der Waals surface area (Å²) in [5.41, 5.74) is 4.68.